The molecule has 0 radical (unpaired) electrons. The molecule has 0 aromatic heterocycles. The highest BCUT2D eigenvalue weighted by Gasteiger charge is 2.35. The van der Waals surface area contributed by atoms with E-state index in [9.17, 15) is 23.1 Å². The summed E-state index contributed by atoms with van der Waals surface area (Å²) in [4.78, 5) is 11.2. The summed E-state index contributed by atoms with van der Waals surface area (Å²) in [6.07, 6.45) is -5.48. The van der Waals surface area contributed by atoms with E-state index in [4.69, 9.17) is 5.26 Å². The quantitative estimate of drug-likeness (QED) is 0.858. The van der Waals surface area contributed by atoms with Gasteiger partial charge in [-0.1, -0.05) is 0 Å². The Balaban J connectivity index is 3.29. The molecule has 0 spiro atoms. The lowest BCUT2D eigenvalue weighted by atomic mass is 10.00. The van der Waals surface area contributed by atoms with Gasteiger partial charge < -0.3 is 9.84 Å². The van der Waals surface area contributed by atoms with Crippen LogP contribution in [0.2, 0.25) is 0 Å². The number of phenols is 1. The molecule has 0 saturated heterocycles. The van der Waals surface area contributed by atoms with Gasteiger partial charge in [0.15, 0.2) is 0 Å². The topological polar surface area (TPSA) is 70.3 Å². The standard InChI is InChI=1S/C12H10F3NO3/c1-2-19-11(18)5-8-9(12(13,14)15)3-7(6-16)4-10(8)17/h3-4,17H,2,5H2,1H3. The second-order valence-electron chi connectivity index (χ2n) is 3.61. The van der Waals surface area contributed by atoms with Gasteiger partial charge in [-0.05, 0) is 19.1 Å². The van der Waals surface area contributed by atoms with E-state index < -0.39 is 35.4 Å². The summed E-state index contributed by atoms with van der Waals surface area (Å²) in [5.74, 6) is -1.63. The maximum atomic E-state index is 12.8. The van der Waals surface area contributed by atoms with Gasteiger partial charge in [0.05, 0.1) is 30.2 Å². The molecule has 0 unspecified atom stereocenters. The molecule has 0 saturated carbocycles. The van der Waals surface area contributed by atoms with Gasteiger partial charge in [0.25, 0.3) is 0 Å². The molecule has 0 aliphatic heterocycles. The predicted molar refractivity (Wildman–Crippen MR) is 58.2 cm³/mol. The van der Waals surface area contributed by atoms with E-state index in [0.717, 1.165) is 6.07 Å². The van der Waals surface area contributed by atoms with Crippen molar-refractivity contribution in [3.63, 3.8) is 0 Å². The summed E-state index contributed by atoms with van der Waals surface area (Å²) in [6, 6.07) is 2.98. The zero-order valence-corrected chi connectivity index (χ0v) is 9.91. The average molecular weight is 273 g/mol. The van der Waals surface area contributed by atoms with Crippen LogP contribution in [0.1, 0.15) is 23.6 Å². The smallest absolute Gasteiger partial charge is 0.416 e. The summed E-state index contributed by atoms with van der Waals surface area (Å²) in [6.45, 7) is 1.54. The first-order chi connectivity index (χ1) is 8.79. The first kappa shape index (κ1) is 14.8. The summed E-state index contributed by atoms with van der Waals surface area (Å²) in [7, 11) is 0. The van der Waals surface area contributed by atoms with Crippen LogP contribution in [-0.2, 0) is 22.1 Å². The first-order valence-corrected chi connectivity index (χ1v) is 5.28. The number of phenolic OH excluding ortho intramolecular Hbond substituents is 1. The van der Waals surface area contributed by atoms with Crippen LogP contribution in [0.3, 0.4) is 0 Å². The molecule has 1 aromatic rings. The largest absolute Gasteiger partial charge is 0.508 e. The number of carbonyl (C=O) groups excluding carboxylic acids is 1. The fourth-order valence-corrected chi connectivity index (χ4v) is 1.52. The number of hydrogen-bond acceptors (Lipinski definition) is 4. The number of nitriles is 1. The lowest BCUT2D eigenvalue weighted by Crippen LogP contribution is -2.15. The molecule has 0 bridgehead atoms. The SMILES string of the molecule is CCOC(=O)Cc1c(O)cc(C#N)cc1C(F)(F)F. The van der Waals surface area contributed by atoms with Gasteiger partial charge in [0.2, 0.25) is 0 Å². The molecule has 7 heteroatoms. The number of nitrogens with zero attached hydrogens (tertiary/aromatic N) is 1. The summed E-state index contributed by atoms with van der Waals surface area (Å²) in [5, 5.41) is 18.1. The van der Waals surface area contributed by atoms with Gasteiger partial charge in [-0.25, -0.2) is 0 Å². The van der Waals surface area contributed by atoms with Crippen LogP contribution in [0.5, 0.6) is 5.75 Å². The van der Waals surface area contributed by atoms with Crippen molar-refractivity contribution in [3.8, 4) is 11.8 Å². The summed E-state index contributed by atoms with van der Waals surface area (Å²) in [5.41, 5.74) is -2.14. The highest BCUT2D eigenvalue weighted by molar-refractivity contribution is 5.74. The van der Waals surface area contributed by atoms with Gasteiger partial charge in [-0.15, -0.1) is 0 Å². The van der Waals surface area contributed by atoms with Crippen molar-refractivity contribution in [3.05, 3.63) is 28.8 Å². The van der Waals surface area contributed by atoms with Gasteiger partial charge in [-0.2, -0.15) is 18.4 Å². The van der Waals surface area contributed by atoms with E-state index in [2.05, 4.69) is 4.74 Å². The van der Waals surface area contributed by atoms with Gasteiger partial charge in [0.1, 0.15) is 5.75 Å². The van der Waals surface area contributed by atoms with Crippen LogP contribution in [0.4, 0.5) is 13.2 Å². The molecule has 0 heterocycles. The molecule has 0 fully saturated rings. The summed E-state index contributed by atoms with van der Waals surface area (Å²) < 4.78 is 43.0. The number of carbonyl (C=O) groups is 1. The zero-order chi connectivity index (χ0) is 14.6. The Morgan fingerprint density at radius 3 is 2.58 bits per heavy atom. The minimum atomic E-state index is -4.77. The Bertz CT molecular complexity index is 532. The second kappa shape index (κ2) is 5.61. The molecule has 0 aliphatic rings. The zero-order valence-electron chi connectivity index (χ0n) is 9.91. The Hall–Kier alpha value is -2.23. The number of benzene rings is 1. The summed E-state index contributed by atoms with van der Waals surface area (Å²) >= 11 is 0. The first-order valence-electron chi connectivity index (χ1n) is 5.28. The van der Waals surface area contributed by atoms with Crippen LogP contribution >= 0.6 is 0 Å². The maximum absolute atomic E-state index is 12.8. The molecule has 0 atom stereocenters. The molecule has 1 rings (SSSR count). The molecule has 1 N–H and O–H groups in total. The van der Waals surface area contributed by atoms with Crippen LogP contribution in [-0.4, -0.2) is 17.7 Å². The van der Waals surface area contributed by atoms with Crippen LogP contribution < -0.4 is 0 Å². The van der Waals surface area contributed by atoms with Crippen molar-refractivity contribution in [1.29, 1.82) is 5.26 Å². The average Bonchev–Trinajstić information content (AvgIpc) is 2.30. The highest BCUT2D eigenvalue weighted by atomic mass is 19.4. The van der Waals surface area contributed by atoms with Gasteiger partial charge in [0, 0.05) is 5.56 Å². The van der Waals surface area contributed by atoms with Crippen molar-refractivity contribution in [2.75, 3.05) is 6.61 Å². The molecular formula is C12H10F3NO3. The number of alkyl halides is 3. The fraction of sp³-hybridized carbons (Fsp3) is 0.333. The molecule has 19 heavy (non-hydrogen) atoms. The molecule has 0 amide bonds. The molecule has 0 aliphatic carbocycles. The van der Waals surface area contributed by atoms with E-state index in [1.165, 1.54) is 13.0 Å². The number of hydrogen-bond donors (Lipinski definition) is 1. The van der Waals surface area contributed by atoms with Crippen LogP contribution in [0.15, 0.2) is 12.1 Å². The Kier molecular flexibility index (Phi) is 4.38. The van der Waals surface area contributed by atoms with Crippen LogP contribution in [0.25, 0.3) is 0 Å². The van der Waals surface area contributed by atoms with E-state index in [-0.39, 0.29) is 12.2 Å². The molecular weight excluding hydrogens is 263 g/mol. The molecule has 102 valence electrons. The lowest BCUT2D eigenvalue weighted by Gasteiger charge is -2.14. The maximum Gasteiger partial charge on any atom is 0.416 e. The third kappa shape index (κ3) is 3.61. The molecule has 1 aromatic carbocycles. The van der Waals surface area contributed by atoms with E-state index in [0.29, 0.717) is 6.07 Å². The number of ether oxygens (including phenoxy) is 1. The number of esters is 1. The second-order valence-corrected chi connectivity index (χ2v) is 3.61. The number of rotatable bonds is 3. The Morgan fingerprint density at radius 2 is 2.11 bits per heavy atom. The van der Waals surface area contributed by atoms with Crippen LogP contribution in [0, 0.1) is 11.3 Å². The van der Waals surface area contributed by atoms with Crippen molar-refractivity contribution >= 4 is 5.97 Å². The highest BCUT2D eigenvalue weighted by Crippen LogP contribution is 2.37. The normalized spacial score (nSPS) is 10.9. The Labute approximate surface area is 107 Å². The van der Waals surface area contributed by atoms with Crippen molar-refractivity contribution < 1.29 is 27.8 Å². The third-order valence-electron chi connectivity index (χ3n) is 2.29. The lowest BCUT2D eigenvalue weighted by molar-refractivity contribution is -0.143. The molecule has 4 nitrogen and oxygen atoms in total. The van der Waals surface area contributed by atoms with E-state index in [1.807, 2.05) is 0 Å². The fourth-order valence-electron chi connectivity index (χ4n) is 1.52. The van der Waals surface area contributed by atoms with Gasteiger partial charge in [-0.3, -0.25) is 4.79 Å². The van der Waals surface area contributed by atoms with Crippen molar-refractivity contribution in [2.45, 2.75) is 19.5 Å². The monoisotopic (exact) mass is 273 g/mol. The number of halogens is 3. The van der Waals surface area contributed by atoms with Gasteiger partial charge >= 0.3 is 12.1 Å². The van der Waals surface area contributed by atoms with E-state index in [1.54, 1.807) is 0 Å². The van der Waals surface area contributed by atoms with Crippen molar-refractivity contribution in [2.24, 2.45) is 0 Å². The van der Waals surface area contributed by atoms with Crippen molar-refractivity contribution in [1.82, 2.24) is 0 Å². The van der Waals surface area contributed by atoms with E-state index >= 15 is 0 Å². The third-order valence-corrected chi connectivity index (χ3v) is 2.29. The number of aromatic hydroxyl groups is 1. The predicted octanol–water partition coefficient (Wildman–Crippen LogP) is 2.39. The Morgan fingerprint density at radius 1 is 1.47 bits per heavy atom. The minimum absolute atomic E-state index is 0.0250. The minimum Gasteiger partial charge on any atom is -0.508 e.